The molecule has 0 saturated heterocycles. The lowest BCUT2D eigenvalue weighted by Crippen LogP contribution is -2.34. The molecular weight excluding hydrogens is 316 g/mol. The second kappa shape index (κ2) is 5.76. The molecule has 1 aromatic carbocycles. The third-order valence-electron chi connectivity index (χ3n) is 4.02. The fraction of sp³-hybridized carbons (Fsp3) is 0.267. The highest BCUT2D eigenvalue weighted by Gasteiger charge is 2.50. The Hall–Kier alpha value is -3.23. The topological polar surface area (TPSA) is 127 Å². The van der Waals surface area contributed by atoms with Crippen molar-refractivity contribution in [3.8, 4) is 5.69 Å². The molecule has 9 nitrogen and oxygen atoms in total. The zero-order chi connectivity index (χ0) is 17.3. The van der Waals surface area contributed by atoms with E-state index in [9.17, 15) is 19.7 Å². The lowest BCUT2D eigenvalue weighted by Gasteiger charge is -2.09. The average Bonchev–Trinajstić information content (AvgIpc) is 3.21. The van der Waals surface area contributed by atoms with Crippen molar-refractivity contribution >= 4 is 17.6 Å². The Morgan fingerprint density at radius 1 is 1.38 bits per heavy atom. The zero-order valence-electron chi connectivity index (χ0n) is 12.5. The first-order chi connectivity index (χ1) is 11.4. The molecule has 2 aromatic rings. The lowest BCUT2D eigenvalue weighted by molar-refractivity contribution is -0.384. The molecular formula is C15H14N4O5. The number of nitro groups is 1. The maximum atomic E-state index is 12.1. The molecule has 1 aromatic heterocycles. The third-order valence-corrected chi connectivity index (χ3v) is 4.02. The monoisotopic (exact) mass is 330 g/mol. The van der Waals surface area contributed by atoms with Crippen molar-refractivity contribution in [2.45, 2.75) is 12.8 Å². The van der Waals surface area contributed by atoms with Crippen LogP contribution in [0, 0.1) is 15.5 Å². The molecule has 1 amide bonds. The summed E-state index contributed by atoms with van der Waals surface area (Å²) in [5, 5.41) is 26.5. The van der Waals surface area contributed by atoms with Crippen LogP contribution in [-0.2, 0) is 4.79 Å². The summed E-state index contributed by atoms with van der Waals surface area (Å²) in [6.07, 6.45) is 2.60. The molecule has 0 atom stereocenters. The molecule has 0 radical (unpaired) electrons. The van der Waals surface area contributed by atoms with Crippen molar-refractivity contribution < 1.29 is 19.6 Å². The van der Waals surface area contributed by atoms with E-state index in [0.29, 0.717) is 18.5 Å². The highest BCUT2D eigenvalue weighted by Crippen LogP contribution is 2.45. The lowest BCUT2D eigenvalue weighted by atomic mass is 10.1. The van der Waals surface area contributed by atoms with Gasteiger partial charge in [0.25, 0.3) is 11.6 Å². The van der Waals surface area contributed by atoms with E-state index >= 15 is 0 Å². The zero-order valence-corrected chi connectivity index (χ0v) is 12.5. The van der Waals surface area contributed by atoms with Gasteiger partial charge >= 0.3 is 5.97 Å². The smallest absolute Gasteiger partial charge is 0.311 e. The van der Waals surface area contributed by atoms with Gasteiger partial charge < -0.3 is 10.4 Å². The minimum Gasteiger partial charge on any atom is -0.481 e. The Bertz CT molecular complexity index is 825. The minimum absolute atomic E-state index is 0.0604. The van der Waals surface area contributed by atoms with Crippen molar-refractivity contribution in [2.24, 2.45) is 5.41 Å². The number of non-ortho nitro benzene ring substituents is 1. The number of nitro benzene ring substituents is 1. The van der Waals surface area contributed by atoms with E-state index in [2.05, 4.69) is 10.4 Å². The number of amides is 1. The number of aromatic nitrogens is 2. The summed E-state index contributed by atoms with van der Waals surface area (Å²) in [5.41, 5.74) is -0.362. The Balaban J connectivity index is 1.71. The van der Waals surface area contributed by atoms with Crippen molar-refractivity contribution in [2.75, 3.05) is 6.54 Å². The van der Waals surface area contributed by atoms with Crippen LogP contribution in [0.5, 0.6) is 0 Å². The number of rotatable bonds is 6. The van der Waals surface area contributed by atoms with Gasteiger partial charge in [-0.3, -0.25) is 19.7 Å². The van der Waals surface area contributed by atoms with E-state index in [1.165, 1.54) is 35.1 Å². The normalized spacial score (nSPS) is 14.8. The number of carboxylic acids is 1. The summed E-state index contributed by atoms with van der Waals surface area (Å²) in [7, 11) is 0. The fourth-order valence-electron chi connectivity index (χ4n) is 2.30. The number of benzene rings is 1. The van der Waals surface area contributed by atoms with Crippen LogP contribution in [0.15, 0.2) is 36.5 Å². The van der Waals surface area contributed by atoms with Crippen molar-refractivity contribution in [3.05, 3.63) is 52.3 Å². The molecule has 2 N–H and O–H groups in total. The van der Waals surface area contributed by atoms with E-state index in [0.717, 1.165) is 0 Å². The standard InChI is InChI=1S/C15H14N4O5/c20-13(16-9-15(5-6-15)14(21)22)12-4-7-18(17-12)10-2-1-3-11(8-10)19(23)24/h1-4,7-8H,5-6,9H2,(H,16,20)(H,21,22). The van der Waals surface area contributed by atoms with Gasteiger partial charge in [0.15, 0.2) is 5.69 Å². The molecule has 24 heavy (non-hydrogen) atoms. The Morgan fingerprint density at radius 3 is 2.75 bits per heavy atom. The SMILES string of the molecule is O=C(NCC1(C(=O)O)CC1)c1ccn(-c2cccc([N+](=O)[O-])c2)n1. The van der Waals surface area contributed by atoms with Gasteiger partial charge in [-0.25, -0.2) is 4.68 Å². The van der Waals surface area contributed by atoms with Crippen LogP contribution in [-0.4, -0.2) is 38.2 Å². The van der Waals surface area contributed by atoms with Gasteiger partial charge in [0.05, 0.1) is 16.0 Å². The summed E-state index contributed by atoms with van der Waals surface area (Å²) in [6, 6.07) is 7.33. The van der Waals surface area contributed by atoms with E-state index in [1.807, 2.05) is 0 Å². The van der Waals surface area contributed by atoms with E-state index in [4.69, 9.17) is 5.11 Å². The number of aliphatic carboxylic acids is 1. The summed E-state index contributed by atoms with van der Waals surface area (Å²) < 4.78 is 1.35. The molecule has 124 valence electrons. The van der Waals surface area contributed by atoms with E-state index in [1.54, 1.807) is 6.07 Å². The largest absolute Gasteiger partial charge is 0.481 e. The molecule has 1 fully saturated rings. The minimum atomic E-state index is -0.912. The third kappa shape index (κ3) is 2.96. The number of nitrogens with one attached hydrogen (secondary N) is 1. The molecule has 3 rings (SSSR count). The van der Waals surface area contributed by atoms with Crippen LogP contribution in [0.4, 0.5) is 5.69 Å². The molecule has 1 saturated carbocycles. The molecule has 0 aliphatic heterocycles. The highest BCUT2D eigenvalue weighted by atomic mass is 16.6. The predicted octanol–water partition coefficient (Wildman–Crippen LogP) is 1.38. The van der Waals surface area contributed by atoms with E-state index < -0.39 is 22.2 Å². The molecule has 0 bridgehead atoms. The molecule has 9 heteroatoms. The highest BCUT2D eigenvalue weighted by molar-refractivity contribution is 5.92. The number of hydrogen-bond donors (Lipinski definition) is 2. The van der Waals surface area contributed by atoms with Gasteiger partial charge in [-0.15, -0.1) is 0 Å². The summed E-state index contributed by atoms with van der Waals surface area (Å²) in [4.78, 5) is 33.4. The summed E-state index contributed by atoms with van der Waals surface area (Å²) >= 11 is 0. The number of hydrogen-bond acceptors (Lipinski definition) is 5. The first-order valence-electron chi connectivity index (χ1n) is 7.23. The molecule has 0 unspecified atom stereocenters. The van der Waals surface area contributed by atoms with Crippen LogP contribution in [0.2, 0.25) is 0 Å². The molecule has 0 spiro atoms. The first-order valence-corrected chi connectivity index (χ1v) is 7.23. The van der Waals surface area contributed by atoms with Gasteiger partial charge in [0.2, 0.25) is 0 Å². The van der Waals surface area contributed by atoms with Gasteiger partial charge in [-0.05, 0) is 25.0 Å². The maximum absolute atomic E-state index is 12.1. The summed E-state index contributed by atoms with van der Waals surface area (Å²) in [6.45, 7) is 0.0604. The number of nitrogens with zero attached hydrogens (tertiary/aromatic N) is 3. The predicted molar refractivity (Wildman–Crippen MR) is 81.9 cm³/mol. The van der Waals surface area contributed by atoms with Gasteiger partial charge in [-0.2, -0.15) is 5.10 Å². The Morgan fingerprint density at radius 2 is 2.12 bits per heavy atom. The number of carbonyl (C=O) groups excluding carboxylic acids is 1. The maximum Gasteiger partial charge on any atom is 0.311 e. The van der Waals surface area contributed by atoms with Gasteiger partial charge in [0, 0.05) is 24.9 Å². The second-order valence-corrected chi connectivity index (χ2v) is 5.69. The van der Waals surface area contributed by atoms with Crippen molar-refractivity contribution in [3.63, 3.8) is 0 Å². The Kier molecular flexibility index (Phi) is 3.76. The number of carbonyl (C=O) groups is 2. The van der Waals surface area contributed by atoms with Crippen molar-refractivity contribution in [1.82, 2.24) is 15.1 Å². The molecule has 1 aliphatic rings. The second-order valence-electron chi connectivity index (χ2n) is 5.69. The van der Waals surface area contributed by atoms with Crippen LogP contribution in [0.1, 0.15) is 23.3 Å². The van der Waals surface area contributed by atoms with Crippen LogP contribution in [0.3, 0.4) is 0 Å². The van der Waals surface area contributed by atoms with Crippen LogP contribution >= 0.6 is 0 Å². The van der Waals surface area contributed by atoms with Crippen LogP contribution < -0.4 is 5.32 Å². The van der Waals surface area contributed by atoms with Crippen molar-refractivity contribution in [1.29, 1.82) is 0 Å². The number of carboxylic acid groups (broad SMARTS) is 1. The van der Waals surface area contributed by atoms with E-state index in [-0.39, 0.29) is 17.9 Å². The fourth-order valence-corrected chi connectivity index (χ4v) is 2.30. The average molecular weight is 330 g/mol. The van der Waals surface area contributed by atoms with Gasteiger partial charge in [0.1, 0.15) is 0 Å². The quantitative estimate of drug-likeness (QED) is 0.608. The van der Waals surface area contributed by atoms with Crippen LogP contribution in [0.25, 0.3) is 5.69 Å². The Labute approximate surface area is 136 Å². The molecule has 1 heterocycles. The first kappa shape index (κ1) is 15.7. The molecule has 1 aliphatic carbocycles. The van der Waals surface area contributed by atoms with Gasteiger partial charge in [-0.1, -0.05) is 6.07 Å². The summed E-state index contributed by atoms with van der Waals surface area (Å²) in [5.74, 6) is -1.39.